The minimum atomic E-state index is -0.889. The Balaban J connectivity index is 2.17. The molecule has 0 aliphatic rings. The zero-order valence-corrected chi connectivity index (χ0v) is 13.1. The van der Waals surface area contributed by atoms with Crippen molar-refractivity contribution in [3.63, 3.8) is 0 Å². The summed E-state index contributed by atoms with van der Waals surface area (Å²) in [5, 5.41) is 10.2. The van der Waals surface area contributed by atoms with Crippen molar-refractivity contribution < 1.29 is 9.90 Å². The second-order valence-corrected chi connectivity index (χ2v) is 6.89. The molecule has 1 heterocycles. The van der Waals surface area contributed by atoms with Crippen LogP contribution in [0.3, 0.4) is 0 Å². The number of hydrogen-bond donors (Lipinski definition) is 1. The third-order valence-electron chi connectivity index (χ3n) is 2.52. The molecule has 2 rings (SSSR count). The highest BCUT2D eigenvalue weighted by atomic mass is 35.5. The lowest BCUT2D eigenvalue weighted by atomic mass is 10.3. The zero-order chi connectivity index (χ0) is 14.0. The number of aromatic carboxylic acids is 1. The fraction of sp³-hybridized carbons (Fsp3) is 0.154. The minimum absolute atomic E-state index is 0.360. The highest BCUT2D eigenvalue weighted by Gasteiger charge is 2.13. The number of thioether (sulfide) groups is 1. The van der Waals surface area contributed by atoms with Gasteiger partial charge in [0, 0.05) is 15.5 Å². The molecule has 6 heteroatoms. The molecule has 0 saturated carbocycles. The van der Waals surface area contributed by atoms with Gasteiger partial charge in [0.25, 0.3) is 0 Å². The summed E-state index contributed by atoms with van der Waals surface area (Å²) in [6.07, 6.45) is 0. The van der Waals surface area contributed by atoms with E-state index in [-0.39, 0.29) is 0 Å². The summed E-state index contributed by atoms with van der Waals surface area (Å²) in [5.41, 5.74) is 1.00. The number of aryl methyl sites for hydroxylation is 1. The van der Waals surface area contributed by atoms with Crippen LogP contribution in [0.1, 0.15) is 20.1 Å². The molecule has 1 aromatic carbocycles. The largest absolute Gasteiger partial charge is 0.477 e. The molecule has 0 amide bonds. The number of carboxylic acids is 1. The highest BCUT2D eigenvalue weighted by Crippen LogP contribution is 2.37. The predicted octanol–water partition coefficient (Wildman–Crippen LogP) is 5.35. The first-order chi connectivity index (χ1) is 8.99. The summed E-state index contributed by atoms with van der Waals surface area (Å²) in [6, 6.07) is 7.09. The van der Waals surface area contributed by atoms with Gasteiger partial charge in [0.05, 0.1) is 10.0 Å². The van der Waals surface area contributed by atoms with E-state index >= 15 is 0 Å². The molecule has 0 spiro atoms. The Morgan fingerprint density at radius 1 is 1.37 bits per heavy atom. The van der Waals surface area contributed by atoms with Gasteiger partial charge in [-0.3, -0.25) is 0 Å². The number of carbonyl (C=O) groups is 1. The van der Waals surface area contributed by atoms with Gasteiger partial charge < -0.3 is 5.11 Å². The number of thiophene rings is 1. The molecule has 0 atom stereocenters. The van der Waals surface area contributed by atoms with Crippen LogP contribution < -0.4 is 0 Å². The Bertz CT molecular complexity index is 603. The molecule has 19 heavy (non-hydrogen) atoms. The molecule has 1 aromatic heterocycles. The molecule has 0 fully saturated rings. The van der Waals surface area contributed by atoms with Crippen LogP contribution in [0.4, 0.5) is 0 Å². The van der Waals surface area contributed by atoms with Gasteiger partial charge in [-0.05, 0) is 30.7 Å². The van der Waals surface area contributed by atoms with Gasteiger partial charge in [0.1, 0.15) is 4.88 Å². The monoisotopic (exact) mass is 332 g/mol. The highest BCUT2D eigenvalue weighted by molar-refractivity contribution is 7.98. The number of halogens is 2. The smallest absolute Gasteiger partial charge is 0.345 e. The van der Waals surface area contributed by atoms with E-state index in [9.17, 15) is 4.79 Å². The molecule has 0 bridgehead atoms. The van der Waals surface area contributed by atoms with E-state index in [1.165, 1.54) is 23.1 Å². The lowest BCUT2D eigenvalue weighted by Crippen LogP contribution is -1.90. The van der Waals surface area contributed by atoms with Gasteiger partial charge in [-0.15, -0.1) is 23.1 Å². The van der Waals surface area contributed by atoms with Crippen LogP contribution >= 0.6 is 46.3 Å². The van der Waals surface area contributed by atoms with Crippen molar-refractivity contribution in [2.24, 2.45) is 0 Å². The fourth-order valence-corrected chi connectivity index (χ4v) is 4.25. The van der Waals surface area contributed by atoms with Crippen LogP contribution in [0.5, 0.6) is 0 Å². The second kappa shape index (κ2) is 6.18. The van der Waals surface area contributed by atoms with E-state index in [2.05, 4.69) is 0 Å². The lowest BCUT2D eigenvalue weighted by molar-refractivity contribution is 0.0702. The lowest BCUT2D eigenvalue weighted by Gasteiger charge is -2.06. The van der Waals surface area contributed by atoms with Crippen LogP contribution in [-0.4, -0.2) is 11.1 Å². The molecule has 0 unspecified atom stereocenters. The predicted molar refractivity (Wildman–Crippen MR) is 82.0 cm³/mol. The van der Waals surface area contributed by atoms with Gasteiger partial charge in [0.2, 0.25) is 0 Å². The van der Waals surface area contributed by atoms with Gasteiger partial charge in [-0.2, -0.15) is 0 Å². The number of carboxylic acid groups (broad SMARTS) is 1. The van der Waals surface area contributed by atoms with Gasteiger partial charge >= 0.3 is 5.97 Å². The summed E-state index contributed by atoms with van der Waals surface area (Å²) in [6.45, 7) is 1.92. The van der Waals surface area contributed by atoms with E-state index < -0.39 is 5.97 Å². The molecule has 100 valence electrons. The normalized spacial score (nSPS) is 10.7. The van der Waals surface area contributed by atoms with Crippen LogP contribution in [0.15, 0.2) is 29.2 Å². The average molecular weight is 333 g/mol. The van der Waals surface area contributed by atoms with E-state index in [0.29, 0.717) is 20.7 Å². The van der Waals surface area contributed by atoms with Crippen molar-refractivity contribution in [2.75, 3.05) is 0 Å². The molecule has 0 aliphatic carbocycles. The van der Waals surface area contributed by atoms with Gasteiger partial charge in [0.15, 0.2) is 0 Å². The first kappa shape index (κ1) is 14.7. The molecule has 0 radical (unpaired) electrons. The molecule has 0 saturated heterocycles. The van der Waals surface area contributed by atoms with Crippen LogP contribution in [0.25, 0.3) is 0 Å². The Labute approximate surface area is 129 Å². The number of rotatable bonds is 4. The third-order valence-corrected chi connectivity index (χ3v) is 5.64. The second-order valence-electron chi connectivity index (χ2n) is 3.84. The molecular formula is C13H10Cl2O2S2. The Morgan fingerprint density at radius 2 is 2.00 bits per heavy atom. The van der Waals surface area contributed by atoms with E-state index in [1.807, 2.05) is 6.92 Å². The summed E-state index contributed by atoms with van der Waals surface area (Å²) in [4.78, 5) is 13.1. The maximum atomic E-state index is 10.9. The topological polar surface area (TPSA) is 37.3 Å². The summed E-state index contributed by atoms with van der Waals surface area (Å²) in [7, 11) is 0. The Morgan fingerprint density at radius 3 is 2.53 bits per heavy atom. The fourth-order valence-electron chi connectivity index (χ4n) is 1.54. The first-order valence-electron chi connectivity index (χ1n) is 5.38. The molecule has 2 aromatic rings. The SMILES string of the molecule is Cc1sc(C(=O)O)cc1CSc1c(Cl)cccc1Cl. The van der Waals surface area contributed by atoms with E-state index in [1.54, 1.807) is 24.3 Å². The first-order valence-corrected chi connectivity index (χ1v) is 7.94. The van der Waals surface area contributed by atoms with Crippen molar-refractivity contribution in [1.82, 2.24) is 0 Å². The minimum Gasteiger partial charge on any atom is -0.477 e. The summed E-state index contributed by atoms with van der Waals surface area (Å²) in [5.74, 6) is -0.237. The Kier molecular flexibility index (Phi) is 4.79. The van der Waals surface area contributed by atoms with E-state index in [4.69, 9.17) is 28.3 Å². The van der Waals surface area contributed by atoms with Crippen LogP contribution in [-0.2, 0) is 5.75 Å². The summed E-state index contributed by atoms with van der Waals surface area (Å²) < 4.78 is 0. The maximum absolute atomic E-state index is 10.9. The van der Waals surface area contributed by atoms with Crippen molar-refractivity contribution in [2.45, 2.75) is 17.6 Å². The Hall–Kier alpha value is -0.680. The number of hydrogen-bond acceptors (Lipinski definition) is 3. The van der Waals surface area contributed by atoms with Crippen LogP contribution in [0, 0.1) is 6.92 Å². The van der Waals surface area contributed by atoms with Crippen molar-refractivity contribution in [3.05, 3.63) is 49.6 Å². The van der Waals surface area contributed by atoms with Crippen molar-refractivity contribution >= 4 is 52.3 Å². The van der Waals surface area contributed by atoms with Crippen LogP contribution in [0.2, 0.25) is 10.0 Å². The standard InChI is InChI=1S/C13H10Cl2O2S2/c1-7-8(5-11(19-7)13(16)17)6-18-12-9(14)3-2-4-10(12)15/h2-5H,6H2,1H3,(H,16,17). The summed E-state index contributed by atoms with van der Waals surface area (Å²) >= 11 is 15.0. The average Bonchev–Trinajstić information content (AvgIpc) is 2.70. The molecule has 2 nitrogen and oxygen atoms in total. The maximum Gasteiger partial charge on any atom is 0.345 e. The van der Waals surface area contributed by atoms with Gasteiger partial charge in [-0.1, -0.05) is 29.3 Å². The third kappa shape index (κ3) is 3.45. The van der Waals surface area contributed by atoms with Crippen molar-refractivity contribution in [3.8, 4) is 0 Å². The molecule has 1 N–H and O–H groups in total. The van der Waals surface area contributed by atoms with Crippen molar-refractivity contribution in [1.29, 1.82) is 0 Å². The van der Waals surface area contributed by atoms with Gasteiger partial charge in [-0.25, -0.2) is 4.79 Å². The zero-order valence-electron chi connectivity index (χ0n) is 9.94. The molecule has 0 aliphatic heterocycles. The van der Waals surface area contributed by atoms with E-state index in [0.717, 1.165) is 15.3 Å². The molecular weight excluding hydrogens is 323 g/mol. The number of benzene rings is 1. The quantitative estimate of drug-likeness (QED) is 0.766.